The van der Waals surface area contributed by atoms with Crippen LogP contribution in [0, 0.1) is 0 Å². The van der Waals surface area contributed by atoms with Gasteiger partial charge in [-0.25, -0.2) is 5.84 Å². The molecule has 0 fully saturated rings. The Morgan fingerprint density at radius 2 is 1.74 bits per heavy atom. The highest BCUT2D eigenvalue weighted by molar-refractivity contribution is 7.97. The van der Waals surface area contributed by atoms with Crippen LogP contribution in [0.4, 0.5) is 5.69 Å². The average molecular weight is 284 g/mol. The molecule has 8 heteroatoms. The lowest BCUT2D eigenvalue weighted by molar-refractivity contribution is 0.324. The number of hydrogen-bond donors (Lipinski definition) is 2. The molecule has 2 N–H and O–H groups in total. The number of hydrazine groups is 1. The van der Waals surface area contributed by atoms with Crippen LogP contribution in [0.2, 0.25) is 0 Å². The molecule has 0 aliphatic rings. The van der Waals surface area contributed by atoms with E-state index in [4.69, 9.17) is 20.1 Å². The van der Waals surface area contributed by atoms with Crippen molar-refractivity contribution in [2.24, 2.45) is 16.0 Å². The maximum absolute atomic E-state index is 5.85. The van der Waals surface area contributed by atoms with E-state index in [9.17, 15) is 0 Å². The van der Waals surface area contributed by atoms with Crippen LogP contribution in [0.3, 0.4) is 0 Å². The van der Waals surface area contributed by atoms with Crippen molar-refractivity contribution >= 4 is 30.2 Å². The first-order valence-corrected chi connectivity index (χ1v) is 5.61. The van der Waals surface area contributed by atoms with Gasteiger partial charge in [-0.3, -0.25) is 5.01 Å². The number of nitrogens with two attached hydrogens (primary N) is 1. The van der Waals surface area contributed by atoms with Crippen LogP contribution in [-0.4, -0.2) is 33.2 Å². The topological polar surface area (TPSA) is 81.7 Å². The molecule has 0 amide bonds. The predicted octanol–water partition coefficient (Wildman–Crippen LogP) is 1.29. The van der Waals surface area contributed by atoms with Gasteiger partial charge in [0.15, 0.2) is 11.5 Å². The first kappa shape index (κ1) is 15.1. The van der Waals surface area contributed by atoms with E-state index in [1.165, 1.54) is 26.3 Å². The van der Waals surface area contributed by atoms with E-state index in [2.05, 4.69) is 29.5 Å². The van der Waals surface area contributed by atoms with E-state index in [1.807, 2.05) is 0 Å². The summed E-state index contributed by atoms with van der Waals surface area (Å²) in [5, 5.41) is 8.37. The minimum Gasteiger partial charge on any atom is -0.493 e. The highest BCUT2D eigenvalue weighted by atomic mass is 32.1. The second-order valence-electron chi connectivity index (χ2n) is 3.29. The van der Waals surface area contributed by atoms with Crippen LogP contribution in [-0.2, 0) is 0 Å². The summed E-state index contributed by atoms with van der Waals surface area (Å²) >= 11 is 4.10. The molecule has 0 bridgehead atoms. The highest BCUT2D eigenvalue weighted by Gasteiger charge is 2.16. The zero-order valence-corrected chi connectivity index (χ0v) is 11.8. The molecule has 1 aromatic rings. The molecule has 0 unspecified atom stereocenters. The van der Waals surface area contributed by atoms with Gasteiger partial charge in [0.05, 0.1) is 27.0 Å². The molecule has 0 radical (unpaired) electrons. The Bertz CT molecular complexity index is 468. The van der Waals surface area contributed by atoms with E-state index in [-0.39, 0.29) is 5.17 Å². The molecule has 0 saturated carbocycles. The number of amidine groups is 1. The number of nitrogens with zero attached hydrogens (tertiary/aromatic N) is 3. The molecule has 0 aliphatic carbocycles. The lowest BCUT2D eigenvalue weighted by Crippen LogP contribution is -2.34. The monoisotopic (exact) mass is 284 g/mol. The van der Waals surface area contributed by atoms with Gasteiger partial charge in [0, 0.05) is 18.9 Å². The van der Waals surface area contributed by atoms with Gasteiger partial charge in [0.25, 0.3) is 0 Å². The fourth-order valence-electron chi connectivity index (χ4n) is 1.43. The first-order valence-electron chi connectivity index (χ1n) is 5.16. The van der Waals surface area contributed by atoms with E-state index >= 15 is 0 Å². The largest absolute Gasteiger partial charge is 0.493 e. The predicted molar refractivity (Wildman–Crippen MR) is 78.7 cm³/mol. The van der Waals surface area contributed by atoms with Crippen molar-refractivity contribution in [3.05, 3.63) is 12.1 Å². The summed E-state index contributed by atoms with van der Waals surface area (Å²) in [6.07, 6.45) is 0. The molecule has 104 valence electrons. The van der Waals surface area contributed by atoms with Gasteiger partial charge >= 0.3 is 0 Å². The number of benzene rings is 1. The summed E-state index contributed by atoms with van der Waals surface area (Å²) in [6.45, 7) is 3.23. The Labute approximate surface area is 117 Å². The van der Waals surface area contributed by atoms with Gasteiger partial charge in [-0.15, -0.1) is 17.7 Å². The van der Waals surface area contributed by atoms with Gasteiger partial charge in [0.1, 0.15) is 0 Å². The SMILES string of the molecule is C=N/N=C(/S)N(N)c1cc(OC)c(OC)c(OC)c1. The molecule has 0 heterocycles. The van der Waals surface area contributed by atoms with Crippen molar-refractivity contribution in [2.75, 3.05) is 26.3 Å². The maximum Gasteiger partial charge on any atom is 0.203 e. The van der Waals surface area contributed by atoms with Crippen molar-refractivity contribution in [2.45, 2.75) is 0 Å². The van der Waals surface area contributed by atoms with E-state index < -0.39 is 0 Å². The Balaban J connectivity index is 3.30. The quantitative estimate of drug-likeness (QED) is 0.280. The molecule has 0 aromatic heterocycles. The molecule has 0 spiro atoms. The molecule has 7 nitrogen and oxygen atoms in total. The molecular formula is C11H16N4O3S. The van der Waals surface area contributed by atoms with Gasteiger partial charge in [-0.05, 0) is 0 Å². The third kappa shape index (κ3) is 3.30. The van der Waals surface area contributed by atoms with Gasteiger partial charge in [0.2, 0.25) is 10.9 Å². The van der Waals surface area contributed by atoms with Crippen molar-refractivity contribution in [1.82, 2.24) is 0 Å². The summed E-state index contributed by atoms with van der Waals surface area (Å²) in [4.78, 5) is 0. The zero-order chi connectivity index (χ0) is 14.4. The Kier molecular flexibility index (Phi) is 5.46. The lowest BCUT2D eigenvalue weighted by atomic mass is 10.2. The Hall–Kier alpha value is -1.93. The summed E-state index contributed by atoms with van der Waals surface area (Å²) < 4.78 is 15.7. The fourth-order valence-corrected chi connectivity index (χ4v) is 1.61. The number of ether oxygens (including phenoxy) is 3. The van der Waals surface area contributed by atoms with Crippen LogP contribution < -0.4 is 25.1 Å². The van der Waals surface area contributed by atoms with Crippen LogP contribution in [0.25, 0.3) is 0 Å². The van der Waals surface area contributed by atoms with Crippen LogP contribution >= 0.6 is 12.6 Å². The summed E-state index contributed by atoms with van der Waals surface area (Å²) in [6, 6.07) is 3.33. The minimum absolute atomic E-state index is 0.171. The van der Waals surface area contributed by atoms with Crippen molar-refractivity contribution < 1.29 is 14.2 Å². The minimum atomic E-state index is 0.171. The first-order chi connectivity index (χ1) is 9.08. The van der Waals surface area contributed by atoms with Crippen LogP contribution in [0.5, 0.6) is 17.2 Å². The van der Waals surface area contributed by atoms with Gasteiger partial charge < -0.3 is 14.2 Å². The Morgan fingerprint density at radius 3 is 2.11 bits per heavy atom. The molecular weight excluding hydrogens is 268 g/mol. The second kappa shape index (κ2) is 6.86. The molecule has 1 rings (SSSR count). The van der Waals surface area contributed by atoms with Crippen molar-refractivity contribution in [3.8, 4) is 17.2 Å². The summed E-state index contributed by atoms with van der Waals surface area (Å²) in [5.74, 6) is 7.27. The third-order valence-corrected chi connectivity index (χ3v) is 2.61. The molecule has 19 heavy (non-hydrogen) atoms. The fraction of sp³-hybridized carbons (Fsp3) is 0.273. The molecule has 0 saturated heterocycles. The van der Waals surface area contributed by atoms with Crippen LogP contribution in [0.15, 0.2) is 22.3 Å². The average Bonchev–Trinajstić information content (AvgIpc) is 2.44. The molecule has 0 aliphatic heterocycles. The number of methoxy groups -OCH3 is 3. The molecule has 0 atom stereocenters. The highest BCUT2D eigenvalue weighted by Crippen LogP contribution is 2.40. The van der Waals surface area contributed by atoms with Gasteiger partial charge in [-0.1, -0.05) is 0 Å². The molecule has 1 aromatic carbocycles. The Morgan fingerprint density at radius 1 is 1.21 bits per heavy atom. The normalized spacial score (nSPS) is 10.9. The standard InChI is InChI=1S/C11H16N4O3S/c1-13-14-11(19)15(12)7-5-8(16-2)10(18-4)9(6-7)17-3/h5-6H,1,12H2,2-4H3,(H,14,19). The smallest absolute Gasteiger partial charge is 0.203 e. The lowest BCUT2D eigenvalue weighted by Gasteiger charge is -2.20. The van der Waals surface area contributed by atoms with E-state index in [0.717, 1.165) is 0 Å². The number of thiol groups is 1. The van der Waals surface area contributed by atoms with Crippen molar-refractivity contribution in [3.63, 3.8) is 0 Å². The van der Waals surface area contributed by atoms with Crippen LogP contribution in [0.1, 0.15) is 0 Å². The number of rotatable bonds is 5. The van der Waals surface area contributed by atoms with E-state index in [1.54, 1.807) is 12.1 Å². The van der Waals surface area contributed by atoms with Crippen molar-refractivity contribution in [1.29, 1.82) is 0 Å². The van der Waals surface area contributed by atoms with Gasteiger partial charge in [-0.2, -0.15) is 5.10 Å². The maximum atomic E-state index is 5.85. The number of hydrogen-bond acceptors (Lipinski definition) is 6. The summed E-state index contributed by atoms with van der Waals surface area (Å²) in [7, 11) is 4.55. The van der Waals surface area contributed by atoms with E-state index in [0.29, 0.717) is 22.9 Å². The third-order valence-electron chi connectivity index (χ3n) is 2.30. The second-order valence-corrected chi connectivity index (χ2v) is 3.69. The zero-order valence-electron chi connectivity index (χ0n) is 11.0. The summed E-state index contributed by atoms with van der Waals surface area (Å²) in [5.41, 5.74) is 0.548. The number of anilines is 1.